The van der Waals surface area contributed by atoms with Crippen LogP contribution < -0.4 is 10.6 Å². The van der Waals surface area contributed by atoms with Gasteiger partial charge in [0.05, 0.1) is 6.54 Å². The number of hydrogen-bond donors (Lipinski definition) is 2. The zero-order chi connectivity index (χ0) is 29.4. The summed E-state index contributed by atoms with van der Waals surface area (Å²) in [6, 6.07) is 36.6. The Morgan fingerprint density at radius 3 is 1.76 bits per heavy atom. The normalized spacial score (nSPS) is 16.3. The second kappa shape index (κ2) is 13.5. The standard InChI is InChI=1S/C33H34N4O4S/c38-32(35-23-30(28-17-9-3-10-18-28)29-19-11-4-12-20-29)31-25-37(33(39)34-22-21-26-13-5-1-6-14-26)42(40,41)36(31)24-27-15-7-2-8-16-27/h1-20,30-31H,21-25H2,(H,34,39)(H,35,38). The number of amides is 3. The molecule has 0 aliphatic carbocycles. The molecular weight excluding hydrogens is 548 g/mol. The topological polar surface area (TPSA) is 98.8 Å². The number of hydrogen-bond acceptors (Lipinski definition) is 4. The van der Waals surface area contributed by atoms with Crippen LogP contribution in [-0.2, 0) is 28.0 Å². The van der Waals surface area contributed by atoms with Crippen LogP contribution in [-0.4, -0.2) is 54.6 Å². The van der Waals surface area contributed by atoms with Crippen molar-refractivity contribution in [3.05, 3.63) is 144 Å². The van der Waals surface area contributed by atoms with Crippen LogP contribution in [0.3, 0.4) is 0 Å². The predicted octanol–water partition coefficient (Wildman–Crippen LogP) is 4.32. The lowest BCUT2D eigenvalue weighted by Gasteiger charge is -2.23. The molecule has 4 aromatic rings. The summed E-state index contributed by atoms with van der Waals surface area (Å²) in [5, 5.41) is 5.71. The number of nitrogens with one attached hydrogen (secondary N) is 2. The summed E-state index contributed by atoms with van der Waals surface area (Å²) in [4.78, 5) is 26.8. The fourth-order valence-corrected chi connectivity index (χ4v) is 6.81. The molecule has 1 fully saturated rings. The molecule has 1 saturated heterocycles. The highest BCUT2D eigenvalue weighted by Crippen LogP contribution is 2.27. The van der Waals surface area contributed by atoms with Gasteiger partial charge in [-0.05, 0) is 28.7 Å². The monoisotopic (exact) mass is 582 g/mol. The first-order valence-electron chi connectivity index (χ1n) is 14.0. The average Bonchev–Trinajstić information content (AvgIpc) is 3.29. The molecule has 0 saturated carbocycles. The fourth-order valence-electron chi connectivity index (χ4n) is 5.15. The van der Waals surface area contributed by atoms with E-state index in [4.69, 9.17) is 0 Å². The number of rotatable bonds is 10. The molecule has 5 rings (SSSR count). The van der Waals surface area contributed by atoms with Gasteiger partial charge in [-0.15, -0.1) is 0 Å². The van der Waals surface area contributed by atoms with Crippen molar-refractivity contribution >= 4 is 22.1 Å². The van der Waals surface area contributed by atoms with E-state index in [0.717, 1.165) is 30.9 Å². The smallest absolute Gasteiger partial charge is 0.332 e. The van der Waals surface area contributed by atoms with Crippen LogP contribution in [0.15, 0.2) is 121 Å². The van der Waals surface area contributed by atoms with Crippen molar-refractivity contribution in [2.45, 2.75) is 24.9 Å². The summed E-state index contributed by atoms with van der Waals surface area (Å²) >= 11 is 0. The molecule has 0 bridgehead atoms. The Morgan fingerprint density at radius 1 is 0.714 bits per heavy atom. The van der Waals surface area contributed by atoms with Crippen molar-refractivity contribution in [1.82, 2.24) is 19.2 Å². The Hall–Kier alpha value is -4.47. The minimum absolute atomic E-state index is 0.0319. The maximum atomic E-state index is 13.7. The average molecular weight is 583 g/mol. The van der Waals surface area contributed by atoms with Crippen molar-refractivity contribution < 1.29 is 18.0 Å². The predicted molar refractivity (Wildman–Crippen MR) is 163 cm³/mol. The zero-order valence-corrected chi connectivity index (χ0v) is 24.0. The molecule has 4 aromatic carbocycles. The Bertz CT molecular complexity index is 1530. The van der Waals surface area contributed by atoms with Crippen LogP contribution in [0.1, 0.15) is 28.2 Å². The molecule has 1 aliphatic heterocycles. The van der Waals surface area contributed by atoms with E-state index in [1.807, 2.05) is 109 Å². The highest BCUT2D eigenvalue weighted by molar-refractivity contribution is 7.87. The molecule has 3 amide bonds. The van der Waals surface area contributed by atoms with Crippen LogP contribution in [0.5, 0.6) is 0 Å². The Labute approximate surface area is 247 Å². The molecule has 42 heavy (non-hydrogen) atoms. The molecule has 1 unspecified atom stereocenters. The minimum Gasteiger partial charge on any atom is -0.354 e. The highest BCUT2D eigenvalue weighted by atomic mass is 32.2. The van der Waals surface area contributed by atoms with Crippen LogP contribution in [0, 0.1) is 0 Å². The van der Waals surface area contributed by atoms with Gasteiger partial charge in [-0.3, -0.25) is 4.79 Å². The first kappa shape index (κ1) is 29.0. The lowest BCUT2D eigenvalue weighted by Crippen LogP contribution is -2.46. The van der Waals surface area contributed by atoms with Crippen LogP contribution in [0.25, 0.3) is 0 Å². The molecule has 9 heteroatoms. The number of nitrogens with zero attached hydrogens (tertiary/aromatic N) is 2. The summed E-state index contributed by atoms with van der Waals surface area (Å²) in [6.45, 7) is 0.224. The third-order valence-corrected chi connectivity index (χ3v) is 9.24. The summed E-state index contributed by atoms with van der Waals surface area (Å²) in [5.41, 5.74) is 3.81. The SMILES string of the molecule is O=C(NCC(c1ccccc1)c1ccccc1)C1CN(C(=O)NCCc2ccccc2)S(=O)(=O)N1Cc1ccccc1. The van der Waals surface area contributed by atoms with Crippen molar-refractivity contribution in [3.63, 3.8) is 0 Å². The van der Waals surface area contributed by atoms with Gasteiger partial charge in [0, 0.05) is 25.6 Å². The summed E-state index contributed by atoms with van der Waals surface area (Å²) in [5.74, 6) is -0.583. The van der Waals surface area contributed by atoms with Gasteiger partial charge in [0.2, 0.25) is 5.91 Å². The lowest BCUT2D eigenvalue weighted by molar-refractivity contribution is -0.124. The molecule has 0 radical (unpaired) electrons. The van der Waals surface area contributed by atoms with Crippen molar-refractivity contribution in [3.8, 4) is 0 Å². The van der Waals surface area contributed by atoms with E-state index in [0.29, 0.717) is 6.42 Å². The first-order chi connectivity index (χ1) is 20.4. The van der Waals surface area contributed by atoms with Crippen LogP contribution in [0.2, 0.25) is 0 Å². The van der Waals surface area contributed by atoms with Crippen LogP contribution >= 0.6 is 0 Å². The van der Waals surface area contributed by atoms with E-state index < -0.39 is 28.2 Å². The Morgan fingerprint density at radius 2 is 1.21 bits per heavy atom. The summed E-state index contributed by atoms with van der Waals surface area (Å²) < 4.78 is 29.3. The van der Waals surface area contributed by atoms with Crippen LogP contribution in [0.4, 0.5) is 4.79 Å². The second-order valence-electron chi connectivity index (χ2n) is 10.2. The van der Waals surface area contributed by atoms with Crippen molar-refractivity contribution in [2.75, 3.05) is 19.6 Å². The van der Waals surface area contributed by atoms with Gasteiger partial charge in [0.1, 0.15) is 6.04 Å². The minimum atomic E-state index is -4.26. The zero-order valence-electron chi connectivity index (χ0n) is 23.2. The lowest BCUT2D eigenvalue weighted by atomic mass is 9.91. The molecule has 0 spiro atoms. The first-order valence-corrected chi connectivity index (χ1v) is 15.4. The number of urea groups is 1. The number of benzene rings is 4. The molecule has 1 aliphatic rings. The van der Waals surface area contributed by atoms with Crippen molar-refractivity contribution in [2.24, 2.45) is 0 Å². The third-order valence-electron chi connectivity index (χ3n) is 7.39. The third kappa shape index (κ3) is 6.87. The summed E-state index contributed by atoms with van der Waals surface area (Å²) in [6.07, 6.45) is 0.554. The van der Waals surface area contributed by atoms with E-state index in [1.54, 1.807) is 12.1 Å². The van der Waals surface area contributed by atoms with Gasteiger partial charge in [-0.25, -0.2) is 9.10 Å². The van der Waals surface area contributed by atoms with E-state index in [-0.39, 0.29) is 32.1 Å². The van der Waals surface area contributed by atoms with E-state index in [9.17, 15) is 18.0 Å². The van der Waals surface area contributed by atoms with Gasteiger partial charge in [0.25, 0.3) is 0 Å². The quantitative estimate of drug-likeness (QED) is 0.291. The van der Waals surface area contributed by atoms with Gasteiger partial charge in [-0.2, -0.15) is 12.7 Å². The molecule has 8 nitrogen and oxygen atoms in total. The highest BCUT2D eigenvalue weighted by Gasteiger charge is 2.49. The molecule has 2 N–H and O–H groups in total. The Balaban J connectivity index is 1.34. The van der Waals surface area contributed by atoms with E-state index in [2.05, 4.69) is 10.6 Å². The van der Waals surface area contributed by atoms with E-state index >= 15 is 0 Å². The molecule has 216 valence electrons. The molecule has 0 aromatic heterocycles. The van der Waals surface area contributed by atoms with Gasteiger partial charge < -0.3 is 10.6 Å². The maximum absolute atomic E-state index is 13.7. The molecule has 1 atom stereocenters. The Kier molecular flexibility index (Phi) is 9.31. The van der Waals surface area contributed by atoms with Crippen molar-refractivity contribution in [1.29, 1.82) is 0 Å². The second-order valence-corrected chi connectivity index (χ2v) is 12.0. The molecular formula is C33H34N4O4S. The van der Waals surface area contributed by atoms with Gasteiger partial charge in [0.15, 0.2) is 0 Å². The van der Waals surface area contributed by atoms with Gasteiger partial charge in [-0.1, -0.05) is 121 Å². The van der Waals surface area contributed by atoms with Gasteiger partial charge >= 0.3 is 16.2 Å². The number of carbonyl (C=O) groups is 2. The largest absolute Gasteiger partial charge is 0.354 e. The fraction of sp³-hybridized carbons (Fsp3) is 0.212. The molecule has 1 heterocycles. The summed E-state index contributed by atoms with van der Waals surface area (Å²) in [7, 11) is -4.26. The maximum Gasteiger partial charge on any atom is 0.332 e. The van der Waals surface area contributed by atoms with E-state index in [1.165, 1.54) is 0 Å². The number of carbonyl (C=O) groups excluding carboxylic acids is 2.